The van der Waals surface area contributed by atoms with Crippen molar-refractivity contribution in [3.05, 3.63) is 80.3 Å². The van der Waals surface area contributed by atoms with Gasteiger partial charge in [-0.15, -0.1) is 0 Å². The zero-order valence-corrected chi connectivity index (χ0v) is 30.1. The standard InChI is InChI=1S/C35H33BrF7N5O4/c1-32(2,3)52-31(50)48-21(16-51-33(48,4)5)8-6-20-7-9-24(36)28(44-20)25(12-17-10-18(37)13-19(38)11-17)45-26(49)15-47-30-27(29(46-47)35(41,42)43)22-14-23(22)34(30,39)40/h7,9-11,13,21-23,25H,12,14-16H2,1-5H3,(H,45,49)/t21-,22+,23-,25?/m1/s1. The van der Waals surface area contributed by atoms with Gasteiger partial charge in [0, 0.05) is 22.0 Å². The van der Waals surface area contributed by atoms with Crippen LogP contribution in [0.1, 0.15) is 86.9 Å². The fourth-order valence-corrected chi connectivity index (χ4v) is 7.14. The number of hydrogen-bond donors (Lipinski definition) is 1. The Kier molecular flexibility index (Phi) is 9.43. The molecule has 2 aliphatic carbocycles. The van der Waals surface area contributed by atoms with E-state index in [1.807, 2.05) is 0 Å². The van der Waals surface area contributed by atoms with Gasteiger partial charge < -0.3 is 14.8 Å². The molecule has 3 aromatic rings. The number of aromatic nitrogens is 3. The third kappa shape index (κ3) is 7.50. The molecule has 1 unspecified atom stereocenters. The summed E-state index contributed by atoms with van der Waals surface area (Å²) < 4.78 is 112. The van der Waals surface area contributed by atoms with Crippen molar-refractivity contribution in [2.24, 2.45) is 5.92 Å². The van der Waals surface area contributed by atoms with E-state index in [-0.39, 0.29) is 36.4 Å². The molecule has 4 atom stereocenters. The van der Waals surface area contributed by atoms with Crippen molar-refractivity contribution in [1.29, 1.82) is 0 Å². The van der Waals surface area contributed by atoms with Crippen molar-refractivity contribution in [2.45, 2.75) is 95.4 Å². The average molecular weight is 801 g/mol. The summed E-state index contributed by atoms with van der Waals surface area (Å²) >= 11 is 3.37. The molecule has 1 aromatic carbocycles. The third-order valence-corrected chi connectivity index (χ3v) is 9.51. The SMILES string of the molecule is CC(C)(C)OC(=O)N1[C@H](C#Cc2ccc(Br)c(C(Cc3cc(F)cc(F)c3)NC(=O)Cn3nc(C(F)(F)F)c4c3C(F)(F)[C@@H]3C[C@H]43)n2)COC1(C)C. The van der Waals surface area contributed by atoms with Crippen LogP contribution in [0.25, 0.3) is 0 Å². The van der Waals surface area contributed by atoms with Crippen LogP contribution in [0.2, 0.25) is 0 Å². The Bertz CT molecular complexity index is 1980. The van der Waals surface area contributed by atoms with Crippen LogP contribution >= 0.6 is 15.9 Å². The minimum absolute atomic E-state index is 0.0557. The van der Waals surface area contributed by atoms with E-state index in [2.05, 4.69) is 43.2 Å². The highest BCUT2D eigenvalue weighted by Crippen LogP contribution is 2.68. The normalized spacial score (nSPS) is 21.9. The van der Waals surface area contributed by atoms with Crippen LogP contribution in [0, 0.1) is 29.4 Å². The molecule has 2 amide bonds. The molecule has 2 aromatic heterocycles. The van der Waals surface area contributed by atoms with E-state index in [4.69, 9.17) is 9.47 Å². The number of carbonyl (C=O) groups is 2. The van der Waals surface area contributed by atoms with Crippen molar-refractivity contribution in [3.8, 4) is 11.8 Å². The molecule has 1 aliphatic heterocycles. The number of carbonyl (C=O) groups excluding carboxylic acids is 2. The van der Waals surface area contributed by atoms with E-state index < -0.39 is 94.5 Å². The lowest BCUT2D eigenvalue weighted by atomic mass is 10.0. The van der Waals surface area contributed by atoms with Gasteiger partial charge in [-0.3, -0.25) is 14.4 Å². The first-order chi connectivity index (χ1) is 24.0. The monoisotopic (exact) mass is 799 g/mol. The Morgan fingerprint density at radius 1 is 1.13 bits per heavy atom. The Balaban J connectivity index is 1.31. The largest absolute Gasteiger partial charge is 0.444 e. The van der Waals surface area contributed by atoms with Gasteiger partial charge in [-0.05, 0) is 105 Å². The van der Waals surface area contributed by atoms with Crippen LogP contribution in [-0.4, -0.2) is 55.6 Å². The zero-order valence-electron chi connectivity index (χ0n) is 28.5. The number of nitrogens with one attached hydrogen (secondary N) is 1. The van der Waals surface area contributed by atoms with E-state index in [9.17, 15) is 31.5 Å². The van der Waals surface area contributed by atoms with Crippen molar-refractivity contribution < 1.29 is 49.8 Å². The van der Waals surface area contributed by atoms with Crippen LogP contribution in [0.5, 0.6) is 0 Å². The second-order valence-electron chi connectivity index (χ2n) is 14.4. The molecule has 1 N–H and O–H groups in total. The number of nitrogens with zero attached hydrogens (tertiary/aromatic N) is 4. The summed E-state index contributed by atoms with van der Waals surface area (Å²) in [6, 6.07) is 3.82. The fraction of sp³-hybridized carbons (Fsp3) is 0.486. The van der Waals surface area contributed by atoms with Gasteiger partial charge in [0.25, 0.3) is 5.92 Å². The number of amides is 2. The first kappa shape index (κ1) is 37.6. The summed E-state index contributed by atoms with van der Waals surface area (Å²) in [5.74, 6) is -2.91. The summed E-state index contributed by atoms with van der Waals surface area (Å²) in [5.41, 5.74) is -4.51. The average Bonchev–Trinajstić information content (AvgIpc) is 3.53. The Labute approximate surface area is 302 Å². The fourth-order valence-electron chi connectivity index (χ4n) is 6.65. The molecule has 1 saturated carbocycles. The van der Waals surface area contributed by atoms with Crippen LogP contribution in [-0.2, 0) is 39.3 Å². The van der Waals surface area contributed by atoms with Gasteiger partial charge >= 0.3 is 12.3 Å². The van der Waals surface area contributed by atoms with Crippen molar-refractivity contribution in [3.63, 3.8) is 0 Å². The molecule has 0 bridgehead atoms. The maximum atomic E-state index is 15.1. The van der Waals surface area contributed by atoms with Gasteiger partial charge in [0.1, 0.15) is 46.9 Å². The van der Waals surface area contributed by atoms with Crippen LogP contribution < -0.4 is 5.32 Å². The number of ether oxygens (including phenoxy) is 2. The Hall–Kier alpha value is -4.17. The van der Waals surface area contributed by atoms with Gasteiger partial charge in [-0.25, -0.2) is 18.6 Å². The molecule has 3 aliphatic rings. The lowest BCUT2D eigenvalue weighted by molar-refractivity contribution is -0.142. The topological polar surface area (TPSA) is 98.6 Å². The van der Waals surface area contributed by atoms with Gasteiger partial charge in [0.2, 0.25) is 5.91 Å². The summed E-state index contributed by atoms with van der Waals surface area (Å²) in [6.45, 7) is 7.57. The quantitative estimate of drug-likeness (QED) is 0.207. The van der Waals surface area contributed by atoms with Crippen molar-refractivity contribution >= 4 is 27.9 Å². The number of benzene rings is 1. The van der Waals surface area contributed by atoms with Crippen LogP contribution in [0.3, 0.4) is 0 Å². The first-order valence-electron chi connectivity index (χ1n) is 16.2. The lowest BCUT2D eigenvalue weighted by Crippen LogP contribution is -2.49. The Morgan fingerprint density at radius 3 is 2.44 bits per heavy atom. The maximum Gasteiger partial charge on any atom is 0.435 e. The van der Waals surface area contributed by atoms with E-state index in [1.54, 1.807) is 40.7 Å². The summed E-state index contributed by atoms with van der Waals surface area (Å²) in [7, 11) is 0. The highest BCUT2D eigenvalue weighted by atomic mass is 79.9. The predicted molar refractivity (Wildman–Crippen MR) is 174 cm³/mol. The molecule has 6 rings (SSSR count). The van der Waals surface area contributed by atoms with Gasteiger partial charge in [0.15, 0.2) is 5.69 Å². The molecular weight excluding hydrogens is 767 g/mol. The molecule has 17 heteroatoms. The number of halogens is 8. The minimum atomic E-state index is -5.02. The smallest absolute Gasteiger partial charge is 0.435 e. The number of hydrogen-bond acceptors (Lipinski definition) is 6. The van der Waals surface area contributed by atoms with Crippen LogP contribution in [0.4, 0.5) is 35.5 Å². The highest BCUT2D eigenvalue weighted by Gasteiger charge is 2.68. The van der Waals surface area contributed by atoms with E-state index in [0.29, 0.717) is 15.2 Å². The number of fused-ring (bicyclic) bond motifs is 3. The third-order valence-electron chi connectivity index (χ3n) is 8.84. The van der Waals surface area contributed by atoms with Crippen LogP contribution in [0.15, 0.2) is 34.8 Å². The second-order valence-corrected chi connectivity index (χ2v) is 15.3. The maximum absolute atomic E-state index is 15.1. The molecule has 3 heterocycles. The molecule has 1 saturated heterocycles. The molecule has 0 spiro atoms. The van der Waals surface area contributed by atoms with E-state index in [1.165, 1.54) is 11.0 Å². The molecule has 278 valence electrons. The van der Waals surface area contributed by atoms with E-state index >= 15 is 8.78 Å². The molecular formula is C35H33BrF7N5O4. The first-order valence-corrected chi connectivity index (χ1v) is 17.0. The van der Waals surface area contributed by atoms with Gasteiger partial charge in [-0.1, -0.05) is 5.92 Å². The number of alkyl halides is 5. The summed E-state index contributed by atoms with van der Waals surface area (Å²) in [4.78, 5) is 32.4. The number of rotatable bonds is 6. The summed E-state index contributed by atoms with van der Waals surface area (Å²) in [5, 5.41) is 5.98. The van der Waals surface area contributed by atoms with Crippen molar-refractivity contribution in [2.75, 3.05) is 6.61 Å². The summed E-state index contributed by atoms with van der Waals surface area (Å²) in [6.07, 6.45) is -6.06. The lowest BCUT2D eigenvalue weighted by Gasteiger charge is -2.33. The molecule has 2 fully saturated rings. The Morgan fingerprint density at radius 2 is 1.81 bits per heavy atom. The number of pyridine rings is 1. The zero-order chi connectivity index (χ0) is 38.1. The minimum Gasteiger partial charge on any atom is -0.444 e. The van der Waals surface area contributed by atoms with E-state index in [0.717, 1.165) is 12.1 Å². The molecule has 9 nitrogen and oxygen atoms in total. The molecule has 0 radical (unpaired) electrons. The van der Waals surface area contributed by atoms with Crippen molar-refractivity contribution in [1.82, 2.24) is 25.0 Å². The van der Waals surface area contributed by atoms with Gasteiger partial charge in [0.05, 0.1) is 18.3 Å². The second kappa shape index (κ2) is 13.0. The predicted octanol–water partition coefficient (Wildman–Crippen LogP) is 7.37. The molecule has 52 heavy (non-hydrogen) atoms. The van der Waals surface area contributed by atoms with Gasteiger partial charge in [-0.2, -0.15) is 27.1 Å². The highest BCUT2D eigenvalue weighted by molar-refractivity contribution is 9.10.